The standard InChI is InChI=1S/C9H13NO3/c1-6(11)5-10-9(12)4-8(13-10)7-2-3-7/h7-8H,2-5H2,1H3. The van der Waals surface area contributed by atoms with Gasteiger partial charge in [-0.2, -0.15) is 0 Å². The van der Waals surface area contributed by atoms with E-state index in [1.54, 1.807) is 0 Å². The molecule has 13 heavy (non-hydrogen) atoms. The van der Waals surface area contributed by atoms with Crippen LogP contribution in [0.3, 0.4) is 0 Å². The summed E-state index contributed by atoms with van der Waals surface area (Å²) in [5.74, 6) is 0.470. The first-order valence-electron chi connectivity index (χ1n) is 4.63. The lowest BCUT2D eigenvalue weighted by atomic mass is 10.2. The highest BCUT2D eigenvalue weighted by Crippen LogP contribution is 2.38. The van der Waals surface area contributed by atoms with Crippen molar-refractivity contribution in [1.82, 2.24) is 5.06 Å². The Bertz CT molecular complexity index is 247. The summed E-state index contributed by atoms with van der Waals surface area (Å²) in [6, 6.07) is 0. The van der Waals surface area contributed by atoms with E-state index in [-0.39, 0.29) is 24.3 Å². The second-order valence-electron chi connectivity index (χ2n) is 3.82. The molecule has 0 bridgehead atoms. The Balaban J connectivity index is 1.90. The number of rotatable bonds is 3. The lowest BCUT2D eigenvalue weighted by Crippen LogP contribution is -2.29. The topological polar surface area (TPSA) is 46.6 Å². The minimum Gasteiger partial charge on any atom is -0.298 e. The van der Waals surface area contributed by atoms with Crippen molar-refractivity contribution in [3.63, 3.8) is 0 Å². The Labute approximate surface area is 76.8 Å². The molecule has 4 heteroatoms. The summed E-state index contributed by atoms with van der Waals surface area (Å²) < 4.78 is 0. The minimum absolute atomic E-state index is 0.0372. The molecule has 1 unspecified atom stereocenters. The molecule has 0 radical (unpaired) electrons. The number of hydrogen-bond acceptors (Lipinski definition) is 3. The molecule has 1 aliphatic carbocycles. The Kier molecular flexibility index (Phi) is 2.07. The summed E-state index contributed by atoms with van der Waals surface area (Å²) >= 11 is 0. The Morgan fingerprint density at radius 1 is 1.62 bits per heavy atom. The number of carbonyl (C=O) groups excluding carboxylic acids is 2. The van der Waals surface area contributed by atoms with E-state index >= 15 is 0 Å². The van der Waals surface area contributed by atoms with E-state index in [9.17, 15) is 9.59 Å². The van der Waals surface area contributed by atoms with Gasteiger partial charge in [-0.05, 0) is 25.7 Å². The highest BCUT2D eigenvalue weighted by Gasteiger charge is 2.41. The normalized spacial score (nSPS) is 28.2. The van der Waals surface area contributed by atoms with Gasteiger partial charge in [-0.25, -0.2) is 5.06 Å². The van der Waals surface area contributed by atoms with Crippen LogP contribution in [0.5, 0.6) is 0 Å². The first-order valence-corrected chi connectivity index (χ1v) is 4.63. The summed E-state index contributed by atoms with van der Waals surface area (Å²) in [5, 5.41) is 1.21. The van der Waals surface area contributed by atoms with Crippen LogP contribution in [0.1, 0.15) is 26.2 Å². The third-order valence-corrected chi connectivity index (χ3v) is 2.43. The maximum Gasteiger partial charge on any atom is 0.249 e. The van der Waals surface area contributed by atoms with Gasteiger partial charge in [-0.1, -0.05) is 0 Å². The molecule has 1 heterocycles. The Hall–Kier alpha value is -0.900. The van der Waals surface area contributed by atoms with Crippen LogP contribution < -0.4 is 0 Å². The zero-order chi connectivity index (χ0) is 9.42. The van der Waals surface area contributed by atoms with Gasteiger partial charge in [0.1, 0.15) is 6.54 Å². The molecule has 2 rings (SSSR count). The van der Waals surface area contributed by atoms with Gasteiger partial charge in [-0.3, -0.25) is 14.4 Å². The van der Waals surface area contributed by atoms with Crippen molar-refractivity contribution in [1.29, 1.82) is 0 Å². The SMILES string of the molecule is CC(=O)CN1OC(C2CC2)CC1=O. The summed E-state index contributed by atoms with van der Waals surface area (Å²) in [6.45, 7) is 1.56. The average Bonchev–Trinajstić information content (AvgIpc) is 2.79. The molecule has 1 saturated heterocycles. The molecule has 72 valence electrons. The number of Topliss-reactive ketones (excluding diaryl/α,β-unsaturated/α-hetero) is 1. The average molecular weight is 183 g/mol. The van der Waals surface area contributed by atoms with Crippen molar-refractivity contribution in [2.75, 3.05) is 6.54 Å². The molecule has 4 nitrogen and oxygen atoms in total. The van der Waals surface area contributed by atoms with Crippen LogP contribution in [0.25, 0.3) is 0 Å². The maximum atomic E-state index is 11.3. The number of hydroxylamine groups is 2. The Morgan fingerprint density at radius 2 is 2.31 bits per heavy atom. The molecule has 1 atom stereocenters. The second kappa shape index (κ2) is 3.10. The Morgan fingerprint density at radius 3 is 2.85 bits per heavy atom. The predicted octanol–water partition coefficient (Wildman–Crippen LogP) is 0.518. The largest absolute Gasteiger partial charge is 0.298 e. The van der Waals surface area contributed by atoms with Crippen LogP contribution in [0.15, 0.2) is 0 Å². The first-order chi connectivity index (χ1) is 6.16. The van der Waals surface area contributed by atoms with Crippen molar-refractivity contribution in [3.8, 4) is 0 Å². The minimum atomic E-state index is -0.0490. The number of amides is 1. The summed E-state index contributed by atoms with van der Waals surface area (Å²) in [5.41, 5.74) is 0. The maximum absolute atomic E-state index is 11.3. The van der Waals surface area contributed by atoms with E-state index in [1.807, 2.05) is 0 Å². The summed E-state index contributed by atoms with van der Waals surface area (Å²) in [7, 11) is 0. The van der Waals surface area contributed by atoms with Crippen LogP contribution >= 0.6 is 0 Å². The van der Waals surface area contributed by atoms with Crippen molar-refractivity contribution in [2.24, 2.45) is 5.92 Å². The molecule has 0 aromatic rings. The predicted molar refractivity (Wildman–Crippen MR) is 44.6 cm³/mol. The molecular weight excluding hydrogens is 170 g/mol. The van der Waals surface area contributed by atoms with Gasteiger partial charge in [-0.15, -0.1) is 0 Å². The number of carbonyl (C=O) groups is 2. The van der Waals surface area contributed by atoms with Gasteiger partial charge in [0.15, 0.2) is 5.78 Å². The zero-order valence-corrected chi connectivity index (χ0v) is 7.66. The summed E-state index contributed by atoms with van der Waals surface area (Å²) in [6.07, 6.45) is 2.82. The van der Waals surface area contributed by atoms with Crippen molar-refractivity contribution >= 4 is 11.7 Å². The highest BCUT2D eigenvalue weighted by atomic mass is 16.7. The second-order valence-corrected chi connectivity index (χ2v) is 3.82. The molecule has 0 aromatic heterocycles. The van der Waals surface area contributed by atoms with Gasteiger partial charge < -0.3 is 0 Å². The van der Waals surface area contributed by atoms with Gasteiger partial charge in [0.2, 0.25) is 5.91 Å². The molecule has 0 N–H and O–H groups in total. The quantitative estimate of drug-likeness (QED) is 0.640. The van der Waals surface area contributed by atoms with E-state index in [4.69, 9.17) is 4.84 Å². The third kappa shape index (κ3) is 1.88. The van der Waals surface area contributed by atoms with E-state index in [0.29, 0.717) is 12.3 Å². The lowest BCUT2D eigenvalue weighted by Gasteiger charge is -2.13. The lowest BCUT2D eigenvalue weighted by molar-refractivity contribution is -0.177. The van der Waals surface area contributed by atoms with Crippen LogP contribution in [0.2, 0.25) is 0 Å². The van der Waals surface area contributed by atoms with Crippen LogP contribution in [-0.4, -0.2) is 29.4 Å². The van der Waals surface area contributed by atoms with Crippen LogP contribution in [0.4, 0.5) is 0 Å². The smallest absolute Gasteiger partial charge is 0.249 e. The molecular formula is C9H13NO3. The number of hydrogen-bond donors (Lipinski definition) is 0. The molecule has 2 fully saturated rings. The van der Waals surface area contributed by atoms with Crippen molar-refractivity contribution < 1.29 is 14.4 Å². The molecule has 1 amide bonds. The van der Waals surface area contributed by atoms with Crippen molar-refractivity contribution in [3.05, 3.63) is 0 Å². The van der Waals surface area contributed by atoms with Gasteiger partial charge in [0.05, 0.1) is 12.5 Å². The third-order valence-electron chi connectivity index (χ3n) is 2.43. The molecule has 2 aliphatic rings. The van der Waals surface area contributed by atoms with Gasteiger partial charge >= 0.3 is 0 Å². The highest BCUT2D eigenvalue weighted by molar-refractivity contribution is 5.84. The molecule has 1 aliphatic heterocycles. The monoisotopic (exact) mass is 183 g/mol. The van der Waals surface area contributed by atoms with Crippen LogP contribution in [0, 0.1) is 5.92 Å². The number of nitrogens with zero attached hydrogens (tertiary/aromatic N) is 1. The van der Waals surface area contributed by atoms with E-state index < -0.39 is 0 Å². The number of ketones is 1. The zero-order valence-electron chi connectivity index (χ0n) is 7.66. The molecule has 0 aromatic carbocycles. The van der Waals surface area contributed by atoms with Gasteiger partial charge in [0.25, 0.3) is 0 Å². The fourth-order valence-electron chi connectivity index (χ4n) is 1.58. The fraction of sp³-hybridized carbons (Fsp3) is 0.778. The van der Waals surface area contributed by atoms with Crippen LogP contribution in [-0.2, 0) is 14.4 Å². The van der Waals surface area contributed by atoms with Gasteiger partial charge in [0, 0.05) is 0 Å². The fourth-order valence-corrected chi connectivity index (χ4v) is 1.58. The molecule has 1 saturated carbocycles. The van der Waals surface area contributed by atoms with Crippen molar-refractivity contribution in [2.45, 2.75) is 32.3 Å². The first kappa shape index (κ1) is 8.69. The summed E-state index contributed by atoms with van der Waals surface area (Å²) in [4.78, 5) is 27.4. The van der Waals surface area contributed by atoms with E-state index in [1.165, 1.54) is 12.0 Å². The van der Waals surface area contributed by atoms with E-state index in [2.05, 4.69) is 0 Å². The van der Waals surface area contributed by atoms with E-state index in [0.717, 1.165) is 12.8 Å². The molecule has 0 spiro atoms.